The number of carbonyl (C=O) groups excluding carboxylic acids is 1. The van der Waals surface area contributed by atoms with Gasteiger partial charge in [-0.25, -0.2) is 4.98 Å². The van der Waals surface area contributed by atoms with Gasteiger partial charge in [-0.2, -0.15) is 0 Å². The van der Waals surface area contributed by atoms with Crippen molar-refractivity contribution in [2.24, 2.45) is 0 Å². The molecule has 4 rings (SSSR count). The molecule has 1 aliphatic heterocycles. The summed E-state index contributed by atoms with van der Waals surface area (Å²) in [6.07, 6.45) is 5.88. The molecule has 1 aromatic carbocycles. The van der Waals surface area contributed by atoms with E-state index in [2.05, 4.69) is 4.98 Å². The van der Waals surface area contributed by atoms with Crippen LogP contribution in [0.25, 0.3) is 5.65 Å². The maximum absolute atomic E-state index is 13.1. The molecular formula is C20H21N3O2. The molecule has 1 amide bonds. The van der Waals surface area contributed by atoms with Crippen molar-refractivity contribution in [1.82, 2.24) is 14.3 Å². The Bertz CT molecular complexity index is 821. The minimum Gasteiger partial charge on any atom is -0.376 e. The number of benzene rings is 1. The van der Waals surface area contributed by atoms with Crippen LogP contribution in [-0.2, 0) is 11.3 Å². The van der Waals surface area contributed by atoms with Crippen molar-refractivity contribution < 1.29 is 9.53 Å². The molecule has 3 aromatic rings. The molecule has 3 heterocycles. The predicted octanol–water partition coefficient (Wildman–Crippen LogP) is 3.16. The Morgan fingerprint density at radius 3 is 2.80 bits per heavy atom. The van der Waals surface area contributed by atoms with Gasteiger partial charge in [-0.05, 0) is 30.5 Å². The first-order chi connectivity index (χ1) is 12.3. The van der Waals surface area contributed by atoms with Gasteiger partial charge in [0.2, 0.25) is 0 Å². The zero-order chi connectivity index (χ0) is 17.1. The SMILES string of the molecule is O=C(c1cn2ccccc2n1)N(Cc1ccccc1)CC1CCCO1. The van der Waals surface area contributed by atoms with Gasteiger partial charge in [-0.1, -0.05) is 36.4 Å². The molecule has 1 fully saturated rings. The average molecular weight is 335 g/mol. The first-order valence-electron chi connectivity index (χ1n) is 8.68. The summed E-state index contributed by atoms with van der Waals surface area (Å²) in [7, 11) is 0. The molecule has 0 saturated carbocycles. The molecule has 0 spiro atoms. The van der Waals surface area contributed by atoms with Gasteiger partial charge < -0.3 is 14.0 Å². The molecular weight excluding hydrogens is 314 g/mol. The van der Waals surface area contributed by atoms with Gasteiger partial charge in [-0.3, -0.25) is 4.79 Å². The van der Waals surface area contributed by atoms with Crippen molar-refractivity contribution in [2.45, 2.75) is 25.5 Å². The van der Waals surface area contributed by atoms with Crippen molar-refractivity contribution in [3.05, 3.63) is 72.2 Å². The highest BCUT2D eigenvalue weighted by Gasteiger charge is 2.25. The van der Waals surface area contributed by atoms with Gasteiger partial charge >= 0.3 is 0 Å². The van der Waals surface area contributed by atoms with Crippen molar-refractivity contribution in [3.8, 4) is 0 Å². The number of fused-ring (bicyclic) bond motifs is 1. The Kier molecular flexibility index (Phi) is 4.48. The molecule has 2 aromatic heterocycles. The lowest BCUT2D eigenvalue weighted by molar-refractivity contribution is 0.0503. The third-order valence-electron chi connectivity index (χ3n) is 4.53. The summed E-state index contributed by atoms with van der Waals surface area (Å²) in [5.41, 5.74) is 2.36. The van der Waals surface area contributed by atoms with Crippen molar-refractivity contribution >= 4 is 11.6 Å². The zero-order valence-electron chi connectivity index (χ0n) is 14.0. The van der Waals surface area contributed by atoms with Crippen LogP contribution < -0.4 is 0 Å². The van der Waals surface area contributed by atoms with Crippen molar-refractivity contribution in [3.63, 3.8) is 0 Å². The third-order valence-corrected chi connectivity index (χ3v) is 4.53. The Balaban J connectivity index is 1.59. The molecule has 1 saturated heterocycles. The smallest absolute Gasteiger partial charge is 0.274 e. The van der Waals surface area contributed by atoms with Gasteiger partial charge in [0.05, 0.1) is 6.10 Å². The van der Waals surface area contributed by atoms with Crippen LogP contribution in [0.4, 0.5) is 0 Å². The van der Waals surface area contributed by atoms with E-state index >= 15 is 0 Å². The lowest BCUT2D eigenvalue weighted by Gasteiger charge is -2.25. The molecule has 0 bridgehead atoms. The minimum absolute atomic E-state index is 0.0527. The van der Waals surface area contributed by atoms with Crippen LogP contribution in [0.1, 0.15) is 28.9 Å². The van der Waals surface area contributed by atoms with Crippen LogP contribution in [0, 0.1) is 0 Å². The van der Waals surface area contributed by atoms with Crippen LogP contribution in [-0.4, -0.2) is 39.4 Å². The fraction of sp³-hybridized carbons (Fsp3) is 0.300. The van der Waals surface area contributed by atoms with E-state index in [-0.39, 0.29) is 12.0 Å². The first-order valence-corrected chi connectivity index (χ1v) is 8.68. The molecule has 1 aliphatic rings. The quantitative estimate of drug-likeness (QED) is 0.719. The normalized spacial score (nSPS) is 17.0. The van der Waals surface area contributed by atoms with E-state index in [0.717, 1.165) is 30.7 Å². The van der Waals surface area contributed by atoms with E-state index in [9.17, 15) is 4.79 Å². The number of hydrogen-bond acceptors (Lipinski definition) is 3. The molecule has 0 aliphatic carbocycles. The third kappa shape index (κ3) is 3.56. The first kappa shape index (κ1) is 15.8. The Morgan fingerprint density at radius 1 is 1.20 bits per heavy atom. The summed E-state index contributed by atoms with van der Waals surface area (Å²) < 4.78 is 7.62. The summed E-state index contributed by atoms with van der Waals surface area (Å²) in [6.45, 7) is 1.95. The fourth-order valence-corrected chi connectivity index (χ4v) is 3.26. The number of carbonyl (C=O) groups is 1. The second-order valence-electron chi connectivity index (χ2n) is 6.40. The zero-order valence-corrected chi connectivity index (χ0v) is 14.0. The maximum atomic E-state index is 13.1. The number of nitrogens with zero attached hydrogens (tertiary/aromatic N) is 3. The number of amides is 1. The number of hydrogen-bond donors (Lipinski definition) is 0. The van der Waals surface area contributed by atoms with E-state index in [0.29, 0.717) is 18.8 Å². The summed E-state index contributed by atoms with van der Waals surface area (Å²) >= 11 is 0. The minimum atomic E-state index is -0.0527. The molecule has 1 unspecified atom stereocenters. The topological polar surface area (TPSA) is 46.8 Å². The van der Waals surface area contributed by atoms with E-state index < -0.39 is 0 Å². The van der Waals surface area contributed by atoms with Gasteiger partial charge in [0, 0.05) is 32.1 Å². The summed E-state index contributed by atoms with van der Waals surface area (Å²) in [5.74, 6) is -0.0527. The predicted molar refractivity (Wildman–Crippen MR) is 95.3 cm³/mol. The number of ether oxygens (including phenoxy) is 1. The molecule has 25 heavy (non-hydrogen) atoms. The molecule has 5 heteroatoms. The lowest BCUT2D eigenvalue weighted by Crippen LogP contribution is -2.37. The molecule has 1 atom stereocenters. The number of aromatic nitrogens is 2. The van der Waals surface area contributed by atoms with Gasteiger partial charge in [0.25, 0.3) is 5.91 Å². The number of rotatable bonds is 5. The molecule has 0 N–H and O–H groups in total. The van der Waals surface area contributed by atoms with Crippen LogP contribution in [0.15, 0.2) is 60.9 Å². The van der Waals surface area contributed by atoms with Crippen LogP contribution >= 0.6 is 0 Å². The lowest BCUT2D eigenvalue weighted by atomic mass is 10.1. The fourth-order valence-electron chi connectivity index (χ4n) is 3.26. The summed E-state index contributed by atoms with van der Waals surface area (Å²) in [5, 5.41) is 0. The summed E-state index contributed by atoms with van der Waals surface area (Å²) in [4.78, 5) is 19.4. The van der Waals surface area contributed by atoms with Crippen LogP contribution in [0.3, 0.4) is 0 Å². The Hall–Kier alpha value is -2.66. The number of imidazole rings is 1. The van der Waals surface area contributed by atoms with E-state index in [4.69, 9.17) is 4.74 Å². The summed E-state index contributed by atoms with van der Waals surface area (Å²) in [6, 6.07) is 15.8. The van der Waals surface area contributed by atoms with E-state index in [1.165, 1.54) is 0 Å². The van der Waals surface area contributed by atoms with Crippen molar-refractivity contribution in [2.75, 3.05) is 13.2 Å². The molecule has 5 nitrogen and oxygen atoms in total. The largest absolute Gasteiger partial charge is 0.376 e. The second kappa shape index (κ2) is 7.07. The van der Waals surface area contributed by atoms with Gasteiger partial charge in [-0.15, -0.1) is 0 Å². The monoisotopic (exact) mass is 335 g/mol. The van der Waals surface area contributed by atoms with Crippen molar-refractivity contribution in [1.29, 1.82) is 0 Å². The highest BCUT2D eigenvalue weighted by molar-refractivity contribution is 5.93. The van der Waals surface area contributed by atoms with Crippen LogP contribution in [0.2, 0.25) is 0 Å². The molecule has 128 valence electrons. The van der Waals surface area contributed by atoms with E-state index in [1.54, 1.807) is 6.20 Å². The number of pyridine rings is 1. The van der Waals surface area contributed by atoms with Gasteiger partial charge in [0.15, 0.2) is 0 Å². The molecule has 0 radical (unpaired) electrons. The van der Waals surface area contributed by atoms with E-state index in [1.807, 2.05) is 64.0 Å². The second-order valence-corrected chi connectivity index (χ2v) is 6.40. The highest BCUT2D eigenvalue weighted by Crippen LogP contribution is 2.17. The van der Waals surface area contributed by atoms with Gasteiger partial charge in [0.1, 0.15) is 11.3 Å². The van der Waals surface area contributed by atoms with Crippen LogP contribution in [0.5, 0.6) is 0 Å². The Labute approximate surface area is 146 Å². The average Bonchev–Trinajstić information content (AvgIpc) is 3.30. The maximum Gasteiger partial charge on any atom is 0.274 e. The Morgan fingerprint density at radius 2 is 2.04 bits per heavy atom. The highest BCUT2D eigenvalue weighted by atomic mass is 16.5. The standard InChI is InChI=1S/C20H21N3O2/c24-20(18-15-22-11-5-4-10-19(22)21-18)23(14-17-9-6-12-25-17)13-16-7-2-1-3-8-16/h1-5,7-8,10-11,15,17H,6,9,12-14H2.